The van der Waals surface area contributed by atoms with Crippen molar-refractivity contribution in [3.05, 3.63) is 48.5 Å². The molecular formula is C21H26Cl2N4O2. The van der Waals surface area contributed by atoms with Crippen molar-refractivity contribution in [1.82, 2.24) is 9.55 Å². The molecule has 0 aliphatic carbocycles. The number of aromatic nitrogens is 2. The second kappa shape index (κ2) is 10.1. The predicted molar refractivity (Wildman–Crippen MR) is 121 cm³/mol. The van der Waals surface area contributed by atoms with Gasteiger partial charge < -0.3 is 20.4 Å². The summed E-state index contributed by atoms with van der Waals surface area (Å²) in [7, 11) is 2.00. The first-order chi connectivity index (χ1) is 13.1. The Morgan fingerprint density at radius 3 is 2.62 bits per heavy atom. The first-order valence-electron chi connectivity index (χ1n) is 9.29. The summed E-state index contributed by atoms with van der Waals surface area (Å²) >= 11 is 0. The molecule has 2 heterocycles. The summed E-state index contributed by atoms with van der Waals surface area (Å²) in [6, 6.07) is 15.2. The van der Waals surface area contributed by atoms with Crippen LogP contribution in [0.25, 0.3) is 22.4 Å². The minimum absolute atomic E-state index is 0. The largest absolute Gasteiger partial charge is 0.381 e. The summed E-state index contributed by atoms with van der Waals surface area (Å²) in [5.74, 6) is 0.881. The Bertz CT molecular complexity index is 970. The van der Waals surface area contributed by atoms with Crippen molar-refractivity contribution in [2.75, 3.05) is 18.5 Å². The first-order valence-corrected chi connectivity index (χ1v) is 9.29. The predicted octanol–water partition coefficient (Wildman–Crippen LogP) is 3.78. The third kappa shape index (κ3) is 4.90. The highest BCUT2D eigenvalue weighted by Crippen LogP contribution is 2.26. The van der Waals surface area contributed by atoms with Gasteiger partial charge >= 0.3 is 0 Å². The van der Waals surface area contributed by atoms with Crippen molar-refractivity contribution in [2.45, 2.75) is 18.9 Å². The number of carbonyl (C=O) groups excluding carboxylic acids is 1. The highest BCUT2D eigenvalue weighted by molar-refractivity contribution is 5.95. The molecule has 29 heavy (non-hydrogen) atoms. The molecule has 1 atom stereocenters. The molecule has 1 unspecified atom stereocenters. The van der Waals surface area contributed by atoms with Crippen molar-refractivity contribution in [3.8, 4) is 11.4 Å². The van der Waals surface area contributed by atoms with Gasteiger partial charge in [0.1, 0.15) is 5.82 Å². The van der Waals surface area contributed by atoms with Gasteiger partial charge in [0.2, 0.25) is 5.91 Å². The molecule has 2 aromatic carbocycles. The molecule has 0 bridgehead atoms. The van der Waals surface area contributed by atoms with Crippen LogP contribution in [-0.2, 0) is 16.6 Å². The average Bonchev–Trinajstić information content (AvgIpc) is 3.05. The first kappa shape index (κ1) is 23.2. The molecule has 3 N–H and O–H groups in total. The average molecular weight is 437 g/mol. The number of rotatable bonds is 4. The molecule has 6 nitrogen and oxygen atoms in total. The number of anilines is 1. The lowest BCUT2D eigenvalue weighted by molar-refractivity contribution is -0.119. The SMILES string of the molecule is Cl.Cl.Cn1c(-c2cccc(NC(=O)C(N)C3CCOCC3)c2)nc2ccccc21. The number of imidazole rings is 1. The molecular weight excluding hydrogens is 411 g/mol. The van der Waals surface area contributed by atoms with Gasteiger partial charge in [0, 0.05) is 31.5 Å². The highest BCUT2D eigenvalue weighted by atomic mass is 35.5. The number of nitrogens with two attached hydrogens (primary N) is 1. The lowest BCUT2D eigenvalue weighted by Gasteiger charge is -2.26. The van der Waals surface area contributed by atoms with E-state index in [4.69, 9.17) is 15.5 Å². The molecule has 3 aromatic rings. The summed E-state index contributed by atoms with van der Waals surface area (Å²) in [5, 5.41) is 2.96. The van der Waals surface area contributed by atoms with E-state index >= 15 is 0 Å². The number of carbonyl (C=O) groups is 1. The van der Waals surface area contributed by atoms with Crippen LogP contribution < -0.4 is 11.1 Å². The Morgan fingerprint density at radius 2 is 1.90 bits per heavy atom. The third-order valence-electron chi connectivity index (χ3n) is 5.25. The molecule has 1 fully saturated rings. The molecule has 0 spiro atoms. The zero-order valence-electron chi connectivity index (χ0n) is 16.2. The van der Waals surface area contributed by atoms with Crippen molar-refractivity contribution in [3.63, 3.8) is 0 Å². The second-order valence-electron chi connectivity index (χ2n) is 7.03. The number of hydrogen-bond donors (Lipinski definition) is 2. The number of nitrogens with zero attached hydrogens (tertiary/aromatic N) is 2. The van der Waals surface area contributed by atoms with Crippen LogP contribution >= 0.6 is 24.8 Å². The minimum Gasteiger partial charge on any atom is -0.381 e. The lowest BCUT2D eigenvalue weighted by Crippen LogP contribution is -2.44. The smallest absolute Gasteiger partial charge is 0.241 e. The van der Waals surface area contributed by atoms with Gasteiger partial charge in [0.25, 0.3) is 0 Å². The number of benzene rings is 2. The highest BCUT2D eigenvalue weighted by Gasteiger charge is 2.26. The zero-order valence-corrected chi connectivity index (χ0v) is 17.8. The monoisotopic (exact) mass is 436 g/mol. The van der Waals surface area contributed by atoms with Crippen LogP contribution in [0.3, 0.4) is 0 Å². The summed E-state index contributed by atoms with van der Waals surface area (Å²) in [4.78, 5) is 17.3. The topological polar surface area (TPSA) is 82.2 Å². The number of para-hydroxylation sites is 2. The van der Waals surface area contributed by atoms with Crippen molar-refractivity contribution in [1.29, 1.82) is 0 Å². The third-order valence-corrected chi connectivity index (χ3v) is 5.25. The number of halogens is 2. The van der Waals surface area contributed by atoms with E-state index in [0.29, 0.717) is 13.2 Å². The summed E-state index contributed by atoms with van der Waals surface area (Å²) < 4.78 is 7.41. The maximum atomic E-state index is 12.6. The van der Waals surface area contributed by atoms with Crippen LogP contribution in [0.15, 0.2) is 48.5 Å². The van der Waals surface area contributed by atoms with E-state index < -0.39 is 6.04 Å². The zero-order chi connectivity index (χ0) is 18.8. The fourth-order valence-electron chi connectivity index (χ4n) is 3.65. The molecule has 1 aliphatic heterocycles. The Hall–Kier alpha value is -2.12. The number of amides is 1. The molecule has 0 saturated carbocycles. The molecule has 8 heteroatoms. The van der Waals surface area contributed by atoms with E-state index in [2.05, 4.69) is 9.88 Å². The molecule has 0 radical (unpaired) electrons. The molecule has 156 valence electrons. The quantitative estimate of drug-likeness (QED) is 0.651. The van der Waals surface area contributed by atoms with Crippen molar-refractivity contribution >= 4 is 47.4 Å². The van der Waals surface area contributed by atoms with Gasteiger partial charge in [-0.1, -0.05) is 24.3 Å². The maximum absolute atomic E-state index is 12.6. The molecule has 4 rings (SSSR count). The van der Waals surface area contributed by atoms with Gasteiger partial charge in [-0.25, -0.2) is 4.98 Å². The summed E-state index contributed by atoms with van der Waals surface area (Å²) in [5.41, 5.74) is 9.88. The Balaban J connectivity index is 0.00000150. The molecule has 1 aromatic heterocycles. The lowest BCUT2D eigenvalue weighted by atomic mass is 9.92. The van der Waals surface area contributed by atoms with Gasteiger partial charge in [-0.05, 0) is 43.0 Å². The standard InChI is InChI=1S/C21H24N4O2.2ClH/c1-25-18-8-3-2-7-17(18)24-20(25)15-5-4-6-16(13-15)23-21(26)19(22)14-9-11-27-12-10-14;;/h2-8,13-14,19H,9-12,22H2,1H3,(H,23,26);2*1H. The van der Waals surface area contributed by atoms with Crippen LogP contribution in [0.2, 0.25) is 0 Å². The normalized spacial score (nSPS) is 15.2. The summed E-state index contributed by atoms with van der Waals surface area (Å²) in [6.07, 6.45) is 1.66. The number of aryl methyl sites for hydroxylation is 1. The number of ether oxygens (including phenoxy) is 1. The van der Waals surface area contributed by atoms with Gasteiger partial charge in [-0.15, -0.1) is 24.8 Å². The van der Waals surface area contributed by atoms with Gasteiger partial charge in [-0.2, -0.15) is 0 Å². The van der Waals surface area contributed by atoms with E-state index in [-0.39, 0.29) is 36.6 Å². The molecule has 1 amide bonds. The van der Waals surface area contributed by atoms with Crippen LogP contribution in [-0.4, -0.2) is 34.7 Å². The van der Waals surface area contributed by atoms with Gasteiger partial charge in [-0.3, -0.25) is 4.79 Å². The maximum Gasteiger partial charge on any atom is 0.241 e. The van der Waals surface area contributed by atoms with Crippen LogP contribution in [0.5, 0.6) is 0 Å². The Morgan fingerprint density at radius 1 is 1.17 bits per heavy atom. The van der Waals surface area contributed by atoms with Crippen molar-refractivity contribution in [2.24, 2.45) is 18.7 Å². The number of nitrogens with one attached hydrogen (secondary N) is 1. The Labute approximate surface area is 182 Å². The number of hydrogen-bond acceptors (Lipinski definition) is 4. The van der Waals surface area contributed by atoms with Gasteiger partial charge in [0.15, 0.2) is 0 Å². The van der Waals surface area contributed by atoms with Gasteiger partial charge in [0.05, 0.1) is 17.1 Å². The van der Waals surface area contributed by atoms with E-state index in [9.17, 15) is 4.79 Å². The van der Waals surface area contributed by atoms with Crippen LogP contribution in [0.4, 0.5) is 5.69 Å². The van der Waals surface area contributed by atoms with Crippen molar-refractivity contribution < 1.29 is 9.53 Å². The minimum atomic E-state index is -0.520. The van der Waals surface area contributed by atoms with E-state index in [0.717, 1.165) is 41.0 Å². The Kier molecular flexibility index (Phi) is 8.05. The van der Waals surface area contributed by atoms with E-state index in [1.165, 1.54) is 0 Å². The van der Waals surface area contributed by atoms with E-state index in [1.54, 1.807) is 0 Å². The summed E-state index contributed by atoms with van der Waals surface area (Å²) in [6.45, 7) is 1.35. The van der Waals surface area contributed by atoms with E-state index in [1.807, 2.05) is 55.6 Å². The number of fused-ring (bicyclic) bond motifs is 1. The fourth-order valence-corrected chi connectivity index (χ4v) is 3.65. The van der Waals surface area contributed by atoms with Crippen LogP contribution in [0.1, 0.15) is 12.8 Å². The van der Waals surface area contributed by atoms with Crippen LogP contribution in [0, 0.1) is 5.92 Å². The molecule has 1 aliphatic rings. The fraction of sp³-hybridized carbons (Fsp3) is 0.333. The second-order valence-corrected chi connectivity index (χ2v) is 7.03. The molecule has 1 saturated heterocycles.